The third-order valence-corrected chi connectivity index (χ3v) is 5.95. The number of nitrogens with one attached hydrogen (secondary N) is 3. The van der Waals surface area contributed by atoms with Gasteiger partial charge in [0, 0.05) is 43.0 Å². The number of carbonyl (C=O) groups excluding carboxylic acids is 2. The number of nitrogens with zero attached hydrogens (tertiary/aromatic N) is 2. The van der Waals surface area contributed by atoms with Crippen molar-refractivity contribution in [2.45, 2.75) is 57.6 Å². The summed E-state index contributed by atoms with van der Waals surface area (Å²) in [4.78, 5) is 30.5. The van der Waals surface area contributed by atoms with E-state index in [-0.39, 0.29) is 24.1 Å². The molecule has 8 nitrogen and oxygen atoms in total. The Balaban J connectivity index is 1.24. The lowest BCUT2D eigenvalue weighted by Gasteiger charge is -2.19. The summed E-state index contributed by atoms with van der Waals surface area (Å²) >= 11 is 0. The minimum Gasteiger partial charge on any atom is -0.474 e. The van der Waals surface area contributed by atoms with E-state index in [1.54, 1.807) is 18.3 Å². The first-order chi connectivity index (χ1) is 15.6. The average Bonchev–Trinajstić information content (AvgIpc) is 3.48. The van der Waals surface area contributed by atoms with Gasteiger partial charge in [0.2, 0.25) is 11.8 Å². The highest BCUT2D eigenvalue weighted by Gasteiger charge is 2.23. The van der Waals surface area contributed by atoms with Gasteiger partial charge in [-0.3, -0.25) is 4.79 Å². The monoisotopic (exact) mass is 437 g/mol. The smallest absolute Gasteiger partial charge is 0.323 e. The number of aromatic nitrogens is 1. The number of urea groups is 1. The fraction of sp³-hybridized carbons (Fsp3) is 0.458. The van der Waals surface area contributed by atoms with Crippen LogP contribution in [-0.4, -0.2) is 42.2 Å². The molecule has 1 aliphatic heterocycles. The molecular formula is C24H31N5O3. The molecule has 1 saturated carbocycles. The van der Waals surface area contributed by atoms with Crippen LogP contribution in [0.2, 0.25) is 0 Å². The highest BCUT2D eigenvalue weighted by Crippen LogP contribution is 2.24. The van der Waals surface area contributed by atoms with Gasteiger partial charge in [-0.25, -0.2) is 9.78 Å². The van der Waals surface area contributed by atoms with Crippen LogP contribution in [0.25, 0.3) is 0 Å². The maximum absolute atomic E-state index is 12.3. The van der Waals surface area contributed by atoms with E-state index in [9.17, 15) is 9.59 Å². The fourth-order valence-electron chi connectivity index (χ4n) is 4.19. The lowest BCUT2D eigenvalue weighted by atomic mass is 10.2. The van der Waals surface area contributed by atoms with Crippen LogP contribution < -0.4 is 25.6 Å². The number of ether oxygens (including phenoxy) is 1. The Morgan fingerprint density at radius 2 is 1.75 bits per heavy atom. The number of amides is 3. The molecule has 2 aromatic rings. The number of hydrogen-bond acceptors (Lipinski definition) is 5. The summed E-state index contributed by atoms with van der Waals surface area (Å²) in [5.74, 6) is 0.686. The second-order valence-electron chi connectivity index (χ2n) is 8.39. The summed E-state index contributed by atoms with van der Waals surface area (Å²) in [6, 6.07) is 11.2. The van der Waals surface area contributed by atoms with Crippen LogP contribution in [0.15, 0.2) is 42.6 Å². The Morgan fingerprint density at radius 1 is 1.03 bits per heavy atom. The van der Waals surface area contributed by atoms with Crippen molar-refractivity contribution in [1.29, 1.82) is 0 Å². The molecule has 1 unspecified atom stereocenters. The van der Waals surface area contributed by atoms with Gasteiger partial charge in [-0.2, -0.15) is 0 Å². The zero-order chi connectivity index (χ0) is 22.3. The number of pyridine rings is 1. The zero-order valence-electron chi connectivity index (χ0n) is 18.5. The molecule has 1 aromatic heterocycles. The van der Waals surface area contributed by atoms with E-state index in [0.29, 0.717) is 23.7 Å². The van der Waals surface area contributed by atoms with Crippen LogP contribution >= 0.6 is 0 Å². The SMILES string of the molecule is CCC(=O)NC1CCN(c2ccc(NC(=O)Nc3ccc(OC4CCCC4)nc3)cc2)C1. The van der Waals surface area contributed by atoms with Crippen molar-refractivity contribution in [2.75, 3.05) is 28.6 Å². The third-order valence-electron chi connectivity index (χ3n) is 5.95. The average molecular weight is 438 g/mol. The van der Waals surface area contributed by atoms with Crippen molar-refractivity contribution in [1.82, 2.24) is 10.3 Å². The van der Waals surface area contributed by atoms with Gasteiger partial charge in [0.1, 0.15) is 6.10 Å². The summed E-state index contributed by atoms with van der Waals surface area (Å²) in [7, 11) is 0. The van der Waals surface area contributed by atoms with Crippen molar-refractivity contribution in [3.8, 4) is 5.88 Å². The third kappa shape index (κ3) is 5.90. The molecular weight excluding hydrogens is 406 g/mol. The molecule has 2 heterocycles. The number of rotatable bonds is 7. The molecule has 8 heteroatoms. The van der Waals surface area contributed by atoms with Crippen LogP contribution in [0.1, 0.15) is 45.4 Å². The first-order valence-corrected chi connectivity index (χ1v) is 11.4. The van der Waals surface area contributed by atoms with Gasteiger partial charge in [-0.15, -0.1) is 0 Å². The van der Waals surface area contributed by atoms with Crippen LogP contribution in [-0.2, 0) is 4.79 Å². The molecule has 32 heavy (non-hydrogen) atoms. The van der Waals surface area contributed by atoms with E-state index in [0.717, 1.165) is 38.0 Å². The number of benzene rings is 1. The van der Waals surface area contributed by atoms with Crippen LogP contribution in [0.4, 0.5) is 21.9 Å². The van der Waals surface area contributed by atoms with Gasteiger partial charge in [-0.1, -0.05) is 6.92 Å². The molecule has 1 aromatic carbocycles. The Bertz CT molecular complexity index is 910. The molecule has 4 rings (SSSR count). The molecule has 170 valence electrons. The molecule has 3 amide bonds. The summed E-state index contributed by atoms with van der Waals surface area (Å²) in [5.41, 5.74) is 2.39. The lowest BCUT2D eigenvalue weighted by Crippen LogP contribution is -2.36. The minimum atomic E-state index is -0.326. The Morgan fingerprint density at radius 3 is 2.44 bits per heavy atom. The molecule has 3 N–H and O–H groups in total. The molecule has 2 aliphatic rings. The highest BCUT2D eigenvalue weighted by atomic mass is 16.5. The van der Waals surface area contributed by atoms with Crippen molar-refractivity contribution in [3.63, 3.8) is 0 Å². The van der Waals surface area contributed by atoms with Gasteiger partial charge in [0.15, 0.2) is 0 Å². The van der Waals surface area contributed by atoms with Crippen molar-refractivity contribution in [3.05, 3.63) is 42.6 Å². The minimum absolute atomic E-state index is 0.0913. The second kappa shape index (κ2) is 10.3. The van der Waals surface area contributed by atoms with E-state index < -0.39 is 0 Å². The van der Waals surface area contributed by atoms with E-state index in [1.165, 1.54) is 12.8 Å². The topological polar surface area (TPSA) is 95.6 Å². The predicted octanol–water partition coefficient (Wildman–Crippen LogP) is 4.15. The van der Waals surface area contributed by atoms with Gasteiger partial charge < -0.3 is 25.6 Å². The van der Waals surface area contributed by atoms with Crippen LogP contribution in [0.5, 0.6) is 5.88 Å². The van der Waals surface area contributed by atoms with E-state index in [4.69, 9.17) is 4.74 Å². The molecule has 0 spiro atoms. The molecule has 2 fully saturated rings. The number of anilines is 3. The molecule has 1 saturated heterocycles. The first kappa shape index (κ1) is 21.9. The Kier molecular flexibility index (Phi) is 7.09. The summed E-state index contributed by atoms with van der Waals surface area (Å²) in [6.07, 6.45) is 7.89. The summed E-state index contributed by atoms with van der Waals surface area (Å²) in [5, 5.41) is 8.68. The molecule has 0 radical (unpaired) electrons. The largest absolute Gasteiger partial charge is 0.474 e. The van der Waals surface area contributed by atoms with Crippen molar-refractivity contribution < 1.29 is 14.3 Å². The van der Waals surface area contributed by atoms with Crippen molar-refractivity contribution >= 4 is 29.0 Å². The van der Waals surface area contributed by atoms with E-state index >= 15 is 0 Å². The first-order valence-electron chi connectivity index (χ1n) is 11.4. The van der Waals surface area contributed by atoms with Gasteiger partial charge in [0.25, 0.3) is 0 Å². The molecule has 0 bridgehead atoms. The maximum Gasteiger partial charge on any atom is 0.323 e. The summed E-state index contributed by atoms with van der Waals surface area (Å²) in [6.45, 7) is 3.56. The van der Waals surface area contributed by atoms with E-state index in [2.05, 4.69) is 25.8 Å². The Labute approximate surface area is 188 Å². The second-order valence-corrected chi connectivity index (χ2v) is 8.39. The fourth-order valence-corrected chi connectivity index (χ4v) is 4.19. The number of carbonyl (C=O) groups is 2. The number of hydrogen-bond donors (Lipinski definition) is 3. The zero-order valence-corrected chi connectivity index (χ0v) is 18.5. The molecule has 1 aliphatic carbocycles. The van der Waals surface area contributed by atoms with Gasteiger partial charge >= 0.3 is 6.03 Å². The van der Waals surface area contributed by atoms with Crippen LogP contribution in [0, 0.1) is 0 Å². The maximum atomic E-state index is 12.3. The summed E-state index contributed by atoms with van der Waals surface area (Å²) < 4.78 is 5.85. The molecule has 1 atom stereocenters. The standard InChI is InChI=1S/C24H31N5O3/c1-2-22(30)26-19-13-14-29(16-19)20-10-7-17(8-11-20)27-24(31)28-18-9-12-23(25-15-18)32-21-5-3-4-6-21/h7-12,15,19,21H,2-6,13-14,16H2,1H3,(H,26,30)(H2,27,28,31). The predicted molar refractivity (Wildman–Crippen MR) is 125 cm³/mol. The van der Waals surface area contributed by atoms with Crippen LogP contribution in [0.3, 0.4) is 0 Å². The van der Waals surface area contributed by atoms with Gasteiger partial charge in [-0.05, 0) is 62.4 Å². The van der Waals surface area contributed by atoms with E-state index in [1.807, 2.05) is 31.2 Å². The van der Waals surface area contributed by atoms with Crippen molar-refractivity contribution in [2.24, 2.45) is 0 Å². The normalized spacial score (nSPS) is 18.4. The Hall–Kier alpha value is -3.29. The quantitative estimate of drug-likeness (QED) is 0.605. The highest BCUT2D eigenvalue weighted by molar-refractivity contribution is 5.99. The van der Waals surface area contributed by atoms with Gasteiger partial charge in [0.05, 0.1) is 11.9 Å². The lowest BCUT2D eigenvalue weighted by molar-refractivity contribution is -0.121.